The summed E-state index contributed by atoms with van der Waals surface area (Å²) in [5, 5.41) is 8.74. The number of rotatable bonds is 2. The maximum absolute atomic E-state index is 10.6. The van der Waals surface area contributed by atoms with Crippen LogP contribution in [0.2, 0.25) is 0 Å². The Morgan fingerprint density at radius 2 is 2.50 bits per heavy atom. The molecule has 0 amide bonds. The van der Waals surface area contributed by atoms with E-state index < -0.39 is 5.97 Å². The molecule has 0 aliphatic heterocycles. The summed E-state index contributed by atoms with van der Waals surface area (Å²) in [6.45, 7) is 1.80. The van der Waals surface area contributed by atoms with Crippen molar-refractivity contribution in [2.24, 2.45) is 0 Å². The SMILES string of the molecule is Cc1nc2c(o1)C(CC(=O)O)CCC2. The lowest BCUT2D eigenvalue weighted by Gasteiger charge is -2.17. The lowest BCUT2D eigenvalue weighted by atomic mass is 9.88. The van der Waals surface area contributed by atoms with E-state index in [1.54, 1.807) is 6.92 Å². The van der Waals surface area contributed by atoms with Crippen molar-refractivity contribution in [3.8, 4) is 0 Å². The highest BCUT2D eigenvalue weighted by Crippen LogP contribution is 2.34. The maximum atomic E-state index is 10.6. The molecule has 0 fully saturated rings. The van der Waals surface area contributed by atoms with E-state index in [0.717, 1.165) is 30.7 Å². The third-order valence-corrected chi connectivity index (χ3v) is 2.59. The van der Waals surface area contributed by atoms with Crippen molar-refractivity contribution in [3.63, 3.8) is 0 Å². The third kappa shape index (κ3) is 1.64. The van der Waals surface area contributed by atoms with Crippen LogP contribution in [0.1, 0.15) is 42.5 Å². The number of carbonyl (C=O) groups is 1. The number of aryl methyl sites for hydroxylation is 2. The summed E-state index contributed by atoms with van der Waals surface area (Å²) in [5.41, 5.74) is 0.958. The van der Waals surface area contributed by atoms with E-state index in [2.05, 4.69) is 4.98 Å². The molecule has 1 heterocycles. The second kappa shape index (κ2) is 3.44. The lowest BCUT2D eigenvalue weighted by molar-refractivity contribution is -0.137. The van der Waals surface area contributed by atoms with Gasteiger partial charge in [0.1, 0.15) is 5.76 Å². The van der Waals surface area contributed by atoms with Gasteiger partial charge in [-0.05, 0) is 19.3 Å². The van der Waals surface area contributed by atoms with Crippen LogP contribution in [0.5, 0.6) is 0 Å². The van der Waals surface area contributed by atoms with Gasteiger partial charge in [0.15, 0.2) is 5.89 Å². The van der Waals surface area contributed by atoms with Gasteiger partial charge in [0.05, 0.1) is 12.1 Å². The van der Waals surface area contributed by atoms with Crippen LogP contribution >= 0.6 is 0 Å². The summed E-state index contributed by atoms with van der Waals surface area (Å²) in [6.07, 6.45) is 2.98. The summed E-state index contributed by atoms with van der Waals surface area (Å²) in [6, 6.07) is 0. The van der Waals surface area contributed by atoms with E-state index >= 15 is 0 Å². The second-order valence-corrected chi connectivity index (χ2v) is 3.73. The Morgan fingerprint density at radius 1 is 1.71 bits per heavy atom. The molecule has 1 N–H and O–H groups in total. The predicted molar refractivity (Wildman–Crippen MR) is 49.2 cm³/mol. The first-order valence-corrected chi connectivity index (χ1v) is 4.85. The molecule has 0 saturated carbocycles. The zero-order valence-electron chi connectivity index (χ0n) is 8.12. The Bertz CT molecular complexity index is 356. The van der Waals surface area contributed by atoms with E-state index in [1.807, 2.05) is 0 Å². The summed E-state index contributed by atoms with van der Waals surface area (Å²) < 4.78 is 5.44. The summed E-state index contributed by atoms with van der Waals surface area (Å²) in [5.74, 6) is 0.706. The molecule has 1 aromatic heterocycles. The molecule has 0 aromatic carbocycles. The van der Waals surface area contributed by atoms with Gasteiger partial charge in [-0.1, -0.05) is 0 Å². The van der Waals surface area contributed by atoms with Crippen molar-refractivity contribution in [1.29, 1.82) is 0 Å². The van der Waals surface area contributed by atoms with Crippen molar-refractivity contribution < 1.29 is 14.3 Å². The van der Waals surface area contributed by atoms with E-state index in [9.17, 15) is 4.79 Å². The highest BCUT2D eigenvalue weighted by Gasteiger charge is 2.27. The quantitative estimate of drug-likeness (QED) is 0.782. The van der Waals surface area contributed by atoms with Gasteiger partial charge < -0.3 is 9.52 Å². The number of carboxylic acid groups (broad SMARTS) is 1. The molecule has 14 heavy (non-hydrogen) atoms. The average Bonchev–Trinajstić information content (AvgIpc) is 2.45. The minimum Gasteiger partial charge on any atom is -0.481 e. The van der Waals surface area contributed by atoms with Gasteiger partial charge in [-0.25, -0.2) is 4.98 Å². The van der Waals surface area contributed by atoms with Gasteiger partial charge in [0.25, 0.3) is 0 Å². The number of oxazole rings is 1. The fraction of sp³-hybridized carbons (Fsp3) is 0.600. The lowest BCUT2D eigenvalue weighted by Crippen LogP contribution is -2.12. The topological polar surface area (TPSA) is 63.3 Å². The molecule has 2 rings (SSSR count). The fourth-order valence-electron chi connectivity index (χ4n) is 2.04. The van der Waals surface area contributed by atoms with Crippen LogP contribution in [0.25, 0.3) is 0 Å². The van der Waals surface area contributed by atoms with Gasteiger partial charge in [-0.15, -0.1) is 0 Å². The van der Waals surface area contributed by atoms with E-state index in [4.69, 9.17) is 9.52 Å². The van der Waals surface area contributed by atoms with Crippen LogP contribution in [-0.2, 0) is 11.2 Å². The average molecular weight is 195 g/mol. The Labute approximate surface area is 81.9 Å². The summed E-state index contributed by atoms with van der Waals surface area (Å²) in [4.78, 5) is 14.9. The minimum absolute atomic E-state index is 0.0254. The molecule has 1 unspecified atom stereocenters. The molecule has 1 aliphatic carbocycles. The normalized spacial score (nSPS) is 20.5. The molecule has 0 saturated heterocycles. The standard InChI is InChI=1S/C10H13NO3/c1-6-11-8-4-2-3-7(5-9(12)13)10(8)14-6/h7H,2-5H2,1H3,(H,12,13). The molecule has 0 radical (unpaired) electrons. The first kappa shape index (κ1) is 9.24. The fourth-order valence-corrected chi connectivity index (χ4v) is 2.04. The number of aromatic nitrogens is 1. The van der Waals surface area contributed by atoms with Gasteiger partial charge in [-0.3, -0.25) is 4.79 Å². The zero-order valence-corrected chi connectivity index (χ0v) is 8.12. The number of aliphatic carboxylic acids is 1. The molecule has 0 spiro atoms. The number of hydrogen-bond donors (Lipinski definition) is 1. The summed E-state index contributed by atoms with van der Waals surface area (Å²) >= 11 is 0. The Balaban J connectivity index is 2.25. The number of nitrogens with zero attached hydrogens (tertiary/aromatic N) is 1. The summed E-state index contributed by atoms with van der Waals surface area (Å²) in [7, 11) is 0. The molecular weight excluding hydrogens is 182 g/mol. The van der Waals surface area contributed by atoms with Gasteiger partial charge in [-0.2, -0.15) is 0 Å². The van der Waals surface area contributed by atoms with Crippen molar-refractivity contribution in [2.45, 2.75) is 38.5 Å². The van der Waals surface area contributed by atoms with Gasteiger partial charge in [0, 0.05) is 12.8 Å². The largest absolute Gasteiger partial charge is 0.481 e. The van der Waals surface area contributed by atoms with Crippen molar-refractivity contribution in [2.75, 3.05) is 0 Å². The van der Waals surface area contributed by atoms with Crippen LogP contribution in [0.15, 0.2) is 4.42 Å². The van der Waals surface area contributed by atoms with Gasteiger partial charge >= 0.3 is 5.97 Å². The smallest absolute Gasteiger partial charge is 0.304 e. The molecule has 4 heteroatoms. The zero-order chi connectivity index (χ0) is 10.1. The van der Waals surface area contributed by atoms with Gasteiger partial charge in [0.2, 0.25) is 0 Å². The maximum Gasteiger partial charge on any atom is 0.304 e. The van der Waals surface area contributed by atoms with Crippen molar-refractivity contribution in [1.82, 2.24) is 4.98 Å². The molecule has 76 valence electrons. The highest BCUT2D eigenvalue weighted by molar-refractivity contribution is 5.68. The van der Waals surface area contributed by atoms with Crippen LogP contribution in [0, 0.1) is 6.92 Å². The number of hydrogen-bond acceptors (Lipinski definition) is 3. The molecule has 4 nitrogen and oxygen atoms in total. The van der Waals surface area contributed by atoms with Crippen molar-refractivity contribution >= 4 is 5.97 Å². The minimum atomic E-state index is -0.767. The molecule has 1 aliphatic rings. The second-order valence-electron chi connectivity index (χ2n) is 3.73. The van der Waals surface area contributed by atoms with Crippen LogP contribution in [0.4, 0.5) is 0 Å². The monoisotopic (exact) mass is 195 g/mol. The van der Waals surface area contributed by atoms with E-state index in [0.29, 0.717) is 5.89 Å². The Morgan fingerprint density at radius 3 is 3.21 bits per heavy atom. The third-order valence-electron chi connectivity index (χ3n) is 2.59. The molecule has 0 bridgehead atoms. The van der Waals surface area contributed by atoms with Crippen LogP contribution in [-0.4, -0.2) is 16.1 Å². The number of fused-ring (bicyclic) bond motifs is 1. The Hall–Kier alpha value is -1.32. The van der Waals surface area contributed by atoms with Crippen molar-refractivity contribution in [3.05, 3.63) is 17.3 Å². The first-order valence-electron chi connectivity index (χ1n) is 4.85. The molecular formula is C10H13NO3. The molecule has 1 atom stereocenters. The predicted octanol–water partition coefficient (Wildman–Crippen LogP) is 1.88. The highest BCUT2D eigenvalue weighted by atomic mass is 16.4. The van der Waals surface area contributed by atoms with Crippen LogP contribution in [0.3, 0.4) is 0 Å². The van der Waals surface area contributed by atoms with E-state index in [-0.39, 0.29) is 12.3 Å². The molecule has 1 aromatic rings. The first-order chi connectivity index (χ1) is 6.66. The van der Waals surface area contributed by atoms with E-state index in [1.165, 1.54) is 0 Å². The number of carboxylic acids is 1. The Kier molecular flexibility index (Phi) is 2.27. The van der Waals surface area contributed by atoms with Crippen LogP contribution < -0.4 is 0 Å².